The van der Waals surface area contributed by atoms with Gasteiger partial charge in [0.05, 0.1) is 12.7 Å². The van der Waals surface area contributed by atoms with Crippen molar-refractivity contribution in [3.8, 4) is 0 Å². The zero-order valence-electron chi connectivity index (χ0n) is 11.0. The Bertz CT molecular complexity index is 352. The molecule has 18 heavy (non-hydrogen) atoms. The molecule has 2 unspecified atom stereocenters. The van der Waals surface area contributed by atoms with Gasteiger partial charge in [0, 0.05) is 17.3 Å². The van der Waals surface area contributed by atoms with Crippen LogP contribution in [0.5, 0.6) is 0 Å². The summed E-state index contributed by atoms with van der Waals surface area (Å²) < 4.78 is 5.91. The van der Waals surface area contributed by atoms with Crippen LogP contribution in [0.25, 0.3) is 0 Å². The average molecular weight is 268 g/mol. The van der Waals surface area contributed by atoms with Gasteiger partial charge in [0.1, 0.15) is 0 Å². The largest absolute Gasteiger partial charge is 0.383 e. The fraction of sp³-hybridized carbons (Fsp3) is 0.600. The Morgan fingerprint density at radius 1 is 1.28 bits per heavy atom. The van der Waals surface area contributed by atoms with Crippen LogP contribution in [0.4, 0.5) is 5.69 Å². The standard InChI is InChI=1S/C15H22ClNO/c1-12-3-2-4-15(11-12)18-10-9-17-14-7-5-13(16)6-8-14/h5-8,12,15,17H,2-4,9-11H2,1H3. The summed E-state index contributed by atoms with van der Waals surface area (Å²) in [5, 5.41) is 4.11. The fourth-order valence-corrected chi connectivity index (χ4v) is 2.64. The van der Waals surface area contributed by atoms with Crippen molar-refractivity contribution in [2.75, 3.05) is 18.5 Å². The second kappa shape index (κ2) is 7.01. The molecule has 0 heterocycles. The molecule has 0 spiro atoms. The first-order valence-corrected chi connectivity index (χ1v) is 7.23. The number of benzene rings is 1. The topological polar surface area (TPSA) is 21.3 Å². The van der Waals surface area contributed by atoms with Crippen LogP contribution in [-0.4, -0.2) is 19.3 Å². The van der Waals surface area contributed by atoms with Gasteiger partial charge < -0.3 is 10.1 Å². The first-order valence-electron chi connectivity index (χ1n) is 6.85. The third-order valence-electron chi connectivity index (χ3n) is 3.52. The van der Waals surface area contributed by atoms with Gasteiger partial charge in [0.2, 0.25) is 0 Å². The predicted molar refractivity (Wildman–Crippen MR) is 77.3 cm³/mol. The highest BCUT2D eigenvalue weighted by Gasteiger charge is 2.18. The number of anilines is 1. The van der Waals surface area contributed by atoms with Gasteiger partial charge in [-0.2, -0.15) is 0 Å². The molecule has 0 bridgehead atoms. The molecule has 1 aliphatic carbocycles. The second-order valence-corrected chi connectivity index (χ2v) is 5.63. The number of ether oxygens (including phenoxy) is 1. The molecule has 1 fully saturated rings. The Morgan fingerprint density at radius 3 is 2.78 bits per heavy atom. The third-order valence-corrected chi connectivity index (χ3v) is 3.77. The maximum Gasteiger partial charge on any atom is 0.0642 e. The molecular formula is C15H22ClNO. The lowest BCUT2D eigenvalue weighted by Gasteiger charge is -2.26. The minimum absolute atomic E-state index is 0.473. The maximum absolute atomic E-state index is 5.91. The molecule has 3 heteroatoms. The van der Waals surface area contributed by atoms with E-state index in [1.165, 1.54) is 25.7 Å². The third kappa shape index (κ3) is 4.51. The van der Waals surface area contributed by atoms with E-state index in [1.54, 1.807) is 0 Å². The second-order valence-electron chi connectivity index (χ2n) is 5.20. The Kier molecular flexibility index (Phi) is 5.33. The van der Waals surface area contributed by atoms with Crippen LogP contribution in [0.15, 0.2) is 24.3 Å². The van der Waals surface area contributed by atoms with Crippen LogP contribution < -0.4 is 5.32 Å². The number of nitrogens with one attached hydrogen (secondary N) is 1. The van der Waals surface area contributed by atoms with Gasteiger partial charge in [-0.05, 0) is 43.0 Å². The molecule has 0 aromatic heterocycles. The highest BCUT2D eigenvalue weighted by atomic mass is 35.5. The van der Waals surface area contributed by atoms with Gasteiger partial charge in [0.15, 0.2) is 0 Å². The number of rotatable bonds is 5. The van der Waals surface area contributed by atoms with Crippen LogP contribution in [0.1, 0.15) is 32.6 Å². The lowest BCUT2D eigenvalue weighted by molar-refractivity contribution is 0.0213. The van der Waals surface area contributed by atoms with E-state index in [4.69, 9.17) is 16.3 Å². The predicted octanol–water partition coefficient (Wildman–Crippen LogP) is 4.35. The molecule has 2 atom stereocenters. The molecular weight excluding hydrogens is 246 g/mol. The zero-order chi connectivity index (χ0) is 12.8. The van der Waals surface area contributed by atoms with Gasteiger partial charge >= 0.3 is 0 Å². The van der Waals surface area contributed by atoms with Gasteiger partial charge in [-0.3, -0.25) is 0 Å². The highest BCUT2D eigenvalue weighted by Crippen LogP contribution is 2.25. The van der Waals surface area contributed by atoms with Crippen molar-refractivity contribution < 1.29 is 4.74 Å². The molecule has 100 valence electrons. The van der Waals surface area contributed by atoms with Gasteiger partial charge in [-0.1, -0.05) is 31.4 Å². The molecule has 2 rings (SSSR count). The molecule has 0 radical (unpaired) electrons. The van der Waals surface area contributed by atoms with Crippen molar-refractivity contribution >= 4 is 17.3 Å². The first-order chi connectivity index (χ1) is 8.74. The zero-order valence-corrected chi connectivity index (χ0v) is 11.7. The molecule has 2 nitrogen and oxygen atoms in total. The molecule has 1 aromatic carbocycles. The number of hydrogen-bond acceptors (Lipinski definition) is 2. The normalized spacial score (nSPS) is 23.9. The molecule has 1 saturated carbocycles. The summed E-state index contributed by atoms with van der Waals surface area (Å²) in [6, 6.07) is 7.77. The monoisotopic (exact) mass is 267 g/mol. The van der Waals surface area contributed by atoms with E-state index in [1.807, 2.05) is 24.3 Å². The molecule has 1 aromatic rings. The van der Waals surface area contributed by atoms with Crippen molar-refractivity contribution in [1.29, 1.82) is 0 Å². The van der Waals surface area contributed by atoms with E-state index in [0.717, 1.165) is 29.8 Å². The molecule has 0 saturated heterocycles. The minimum Gasteiger partial charge on any atom is -0.383 e. The summed E-state index contributed by atoms with van der Waals surface area (Å²) in [5.74, 6) is 0.827. The van der Waals surface area contributed by atoms with Gasteiger partial charge in [0.25, 0.3) is 0 Å². The lowest BCUT2D eigenvalue weighted by Crippen LogP contribution is -2.24. The Morgan fingerprint density at radius 2 is 2.06 bits per heavy atom. The van der Waals surface area contributed by atoms with Crippen LogP contribution in [-0.2, 0) is 4.74 Å². The van der Waals surface area contributed by atoms with Crippen molar-refractivity contribution in [3.63, 3.8) is 0 Å². The molecule has 0 aliphatic heterocycles. The summed E-state index contributed by atoms with van der Waals surface area (Å²) in [6.07, 6.45) is 5.60. The number of hydrogen-bond donors (Lipinski definition) is 1. The van der Waals surface area contributed by atoms with Crippen molar-refractivity contribution in [2.24, 2.45) is 5.92 Å². The van der Waals surface area contributed by atoms with Gasteiger partial charge in [-0.15, -0.1) is 0 Å². The summed E-state index contributed by atoms with van der Waals surface area (Å²) in [6.45, 7) is 3.95. The van der Waals surface area contributed by atoms with Crippen LogP contribution in [0, 0.1) is 5.92 Å². The SMILES string of the molecule is CC1CCCC(OCCNc2ccc(Cl)cc2)C1. The average Bonchev–Trinajstić information content (AvgIpc) is 2.37. The summed E-state index contributed by atoms with van der Waals surface area (Å²) >= 11 is 5.84. The van der Waals surface area contributed by atoms with Crippen molar-refractivity contribution in [2.45, 2.75) is 38.7 Å². The van der Waals surface area contributed by atoms with Gasteiger partial charge in [-0.25, -0.2) is 0 Å². The lowest BCUT2D eigenvalue weighted by atomic mass is 9.89. The smallest absolute Gasteiger partial charge is 0.0642 e. The van der Waals surface area contributed by atoms with E-state index in [-0.39, 0.29) is 0 Å². The molecule has 0 amide bonds. The van der Waals surface area contributed by atoms with Crippen LogP contribution >= 0.6 is 11.6 Å². The molecule has 1 N–H and O–H groups in total. The summed E-state index contributed by atoms with van der Waals surface area (Å²) in [5.41, 5.74) is 1.10. The Hall–Kier alpha value is -0.730. The van der Waals surface area contributed by atoms with E-state index in [2.05, 4.69) is 12.2 Å². The first kappa shape index (κ1) is 13.7. The quantitative estimate of drug-likeness (QED) is 0.801. The molecule has 1 aliphatic rings. The van der Waals surface area contributed by atoms with E-state index >= 15 is 0 Å². The van der Waals surface area contributed by atoms with E-state index in [9.17, 15) is 0 Å². The maximum atomic E-state index is 5.91. The highest BCUT2D eigenvalue weighted by molar-refractivity contribution is 6.30. The Balaban J connectivity index is 1.62. The van der Waals surface area contributed by atoms with Crippen LogP contribution in [0.3, 0.4) is 0 Å². The summed E-state index contributed by atoms with van der Waals surface area (Å²) in [4.78, 5) is 0. The van der Waals surface area contributed by atoms with Crippen LogP contribution in [0.2, 0.25) is 5.02 Å². The number of halogens is 1. The van der Waals surface area contributed by atoms with Crippen molar-refractivity contribution in [1.82, 2.24) is 0 Å². The Labute approximate surface area is 115 Å². The minimum atomic E-state index is 0.473. The van der Waals surface area contributed by atoms with E-state index in [0.29, 0.717) is 6.10 Å². The van der Waals surface area contributed by atoms with E-state index < -0.39 is 0 Å². The van der Waals surface area contributed by atoms with Crippen molar-refractivity contribution in [3.05, 3.63) is 29.3 Å². The fourth-order valence-electron chi connectivity index (χ4n) is 2.52. The summed E-state index contributed by atoms with van der Waals surface area (Å²) in [7, 11) is 0.